The predicted molar refractivity (Wildman–Crippen MR) is 145 cm³/mol. The van der Waals surface area contributed by atoms with Crippen LogP contribution in [0.15, 0.2) is 0 Å². The molecular formula is C27H59N5O. The van der Waals surface area contributed by atoms with E-state index in [1.54, 1.807) is 0 Å². The lowest BCUT2D eigenvalue weighted by Crippen LogP contribution is -2.54. The summed E-state index contributed by atoms with van der Waals surface area (Å²) in [6.07, 6.45) is 4.24. The van der Waals surface area contributed by atoms with Crippen LogP contribution in [-0.2, 0) is 4.79 Å². The van der Waals surface area contributed by atoms with Crippen LogP contribution in [0.25, 0.3) is 0 Å². The Bertz CT molecular complexity index is 530. The zero-order valence-electron chi connectivity index (χ0n) is 23.2. The normalized spacial score (nSPS) is 22.2. The molecule has 198 valence electrons. The Morgan fingerprint density at radius 3 is 1.36 bits per heavy atom. The van der Waals surface area contributed by atoms with Gasteiger partial charge in [0, 0.05) is 55.9 Å². The van der Waals surface area contributed by atoms with Gasteiger partial charge in [-0.25, -0.2) is 0 Å². The molecule has 0 saturated carbocycles. The highest BCUT2D eigenvalue weighted by atomic mass is 16.2. The van der Waals surface area contributed by atoms with Crippen LogP contribution in [0.3, 0.4) is 0 Å². The van der Waals surface area contributed by atoms with Crippen molar-refractivity contribution in [2.24, 2.45) is 0 Å². The third-order valence-electron chi connectivity index (χ3n) is 6.74. The molecule has 0 aromatic heterocycles. The predicted octanol–water partition coefficient (Wildman–Crippen LogP) is 4.16. The highest BCUT2D eigenvalue weighted by molar-refractivity contribution is 5.78. The monoisotopic (exact) mass is 469 g/mol. The summed E-state index contributed by atoms with van der Waals surface area (Å²) in [5, 5.41) is 2.80. The molecule has 0 aromatic carbocycles. The number of carbonyl (C=O) groups excluding carboxylic acids is 1. The number of nitrogens with zero attached hydrogens (tertiary/aromatic N) is 4. The van der Waals surface area contributed by atoms with Crippen LogP contribution in [0, 0.1) is 0 Å². The fourth-order valence-electron chi connectivity index (χ4n) is 4.25. The van der Waals surface area contributed by atoms with E-state index in [1.807, 2.05) is 0 Å². The number of hydrogen-bond acceptors (Lipinski definition) is 5. The first kappa shape index (κ1) is 32.3. The van der Waals surface area contributed by atoms with E-state index < -0.39 is 0 Å². The second-order valence-electron chi connectivity index (χ2n) is 12.6. The van der Waals surface area contributed by atoms with Gasteiger partial charge < -0.3 is 10.2 Å². The Morgan fingerprint density at radius 2 is 1.03 bits per heavy atom. The van der Waals surface area contributed by atoms with Crippen LogP contribution in [0.1, 0.15) is 89.0 Å². The van der Waals surface area contributed by atoms with E-state index in [4.69, 9.17) is 0 Å². The van der Waals surface area contributed by atoms with Gasteiger partial charge in [0.25, 0.3) is 0 Å². The van der Waals surface area contributed by atoms with E-state index in [1.165, 1.54) is 58.5 Å². The molecule has 0 atom stereocenters. The molecule has 3 fully saturated rings. The number of hydrogen-bond donors (Lipinski definition) is 1. The van der Waals surface area contributed by atoms with Gasteiger partial charge in [0.2, 0.25) is 5.91 Å². The fourth-order valence-corrected chi connectivity index (χ4v) is 4.25. The van der Waals surface area contributed by atoms with Gasteiger partial charge in [0.05, 0.1) is 6.54 Å². The zero-order valence-corrected chi connectivity index (χ0v) is 23.2. The van der Waals surface area contributed by atoms with Crippen LogP contribution in [-0.4, -0.2) is 108 Å². The highest BCUT2D eigenvalue weighted by Gasteiger charge is 2.26. The number of amides is 1. The van der Waals surface area contributed by atoms with Crippen molar-refractivity contribution in [2.75, 3.05) is 66.0 Å². The quantitative estimate of drug-likeness (QED) is 0.577. The smallest absolute Gasteiger partial charge is 0.234 e. The van der Waals surface area contributed by atoms with Crippen molar-refractivity contribution >= 4 is 5.91 Å². The van der Waals surface area contributed by atoms with Gasteiger partial charge in [-0.05, 0) is 95.3 Å². The maximum atomic E-state index is 11.0. The van der Waals surface area contributed by atoms with E-state index in [-0.39, 0.29) is 18.9 Å². The molecule has 0 bridgehead atoms. The highest BCUT2D eigenvalue weighted by Crippen LogP contribution is 2.19. The first-order valence-electron chi connectivity index (χ1n) is 12.8. The summed E-state index contributed by atoms with van der Waals surface area (Å²) in [6.45, 7) is 30.0. The molecule has 0 spiro atoms. The molecule has 3 aliphatic heterocycles. The second kappa shape index (κ2) is 14.0. The van der Waals surface area contributed by atoms with Crippen LogP contribution in [0.4, 0.5) is 0 Å². The Morgan fingerprint density at radius 1 is 0.606 bits per heavy atom. The fraction of sp³-hybridized carbons (Fsp3) is 0.963. The van der Waals surface area contributed by atoms with Crippen molar-refractivity contribution < 1.29 is 4.79 Å². The first-order chi connectivity index (χ1) is 14.6. The lowest BCUT2D eigenvalue weighted by Gasteiger charge is -2.41. The lowest BCUT2D eigenvalue weighted by atomic mass is 10.0. The molecule has 3 rings (SSSR count). The van der Waals surface area contributed by atoms with Crippen LogP contribution >= 0.6 is 0 Å². The van der Waals surface area contributed by atoms with Crippen molar-refractivity contribution in [3.05, 3.63) is 0 Å². The van der Waals surface area contributed by atoms with Gasteiger partial charge in [0.1, 0.15) is 0 Å². The number of carbonyl (C=O) groups is 1. The lowest BCUT2D eigenvalue weighted by molar-refractivity contribution is -0.125. The third kappa shape index (κ3) is 13.1. The number of rotatable bonds is 0. The zero-order chi connectivity index (χ0) is 24.6. The Kier molecular flexibility index (Phi) is 13.7. The summed E-state index contributed by atoms with van der Waals surface area (Å²) in [6, 6.07) is 0. The second-order valence-corrected chi connectivity index (χ2v) is 12.6. The molecule has 33 heavy (non-hydrogen) atoms. The summed E-state index contributed by atoms with van der Waals surface area (Å²) in [4.78, 5) is 20.7. The number of likely N-dealkylation sites (tertiary alicyclic amines) is 1. The molecule has 3 heterocycles. The Hall–Kier alpha value is -0.690. The van der Waals surface area contributed by atoms with Gasteiger partial charge in [-0.1, -0.05) is 13.8 Å². The Balaban J connectivity index is 0.000000459. The average molecular weight is 470 g/mol. The minimum atomic E-state index is 0. The van der Waals surface area contributed by atoms with Crippen molar-refractivity contribution in [3.63, 3.8) is 0 Å². The largest absolute Gasteiger partial charge is 0.354 e. The molecule has 0 aliphatic carbocycles. The topological polar surface area (TPSA) is 42.1 Å². The molecular weight excluding hydrogens is 410 g/mol. The first-order valence-corrected chi connectivity index (χ1v) is 12.8. The minimum absolute atomic E-state index is 0. The molecule has 1 amide bonds. The summed E-state index contributed by atoms with van der Waals surface area (Å²) in [5.41, 5.74) is 0.888. The van der Waals surface area contributed by atoms with E-state index in [9.17, 15) is 4.79 Å². The summed E-state index contributed by atoms with van der Waals surface area (Å²) < 4.78 is 0. The molecule has 1 N–H and O–H groups in total. The van der Waals surface area contributed by atoms with E-state index >= 15 is 0 Å². The Labute approximate surface area is 207 Å². The molecule has 6 nitrogen and oxygen atoms in total. The van der Waals surface area contributed by atoms with E-state index in [0.29, 0.717) is 17.6 Å². The molecule has 6 heteroatoms. The molecule has 0 radical (unpaired) electrons. The molecule has 0 aromatic rings. The van der Waals surface area contributed by atoms with E-state index in [2.05, 4.69) is 94.3 Å². The van der Waals surface area contributed by atoms with Crippen molar-refractivity contribution in [1.29, 1.82) is 0 Å². The maximum Gasteiger partial charge on any atom is 0.234 e. The van der Waals surface area contributed by atoms with Gasteiger partial charge in [-0.2, -0.15) is 0 Å². The van der Waals surface area contributed by atoms with Crippen LogP contribution in [0.2, 0.25) is 0 Å². The summed E-state index contributed by atoms with van der Waals surface area (Å²) in [7, 11) is 2.19. The van der Waals surface area contributed by atoms with Gasteiger partial charge in [-0.3, -0.25) is 19.5 Å². The standard InChI is InChI=1S/C9H20N2.C9H19N.C8H16N2O.CH4/c1-9(2,3)11-7-5-10(4)6-8-11;1-9(2,3)10-7-5-4-6-8-10;1-8(2,3)10-5-4-9-7(11)6-10;/h5-8H2,1-4H3;4-8H2,1-3H3;4-6H2,1-3H3,(H,9,11);1H4. The number of likely N-dealkylation sites (N-methyl/N-ethyl adjacent to an activating group) is 1. The number of nitrogens with one attached hydrogen (secondary N) is 1. The van der Waals surface area contributed by atoms with Crippen LogP contribution in [0.5, 0.6) is 0 Å². The maximum absolute atomic E-state index is 11.0. The minimum Gasteiger partial charge on any atom is -0.354 e. The SMILES string of the molecule is C.CC(C)(C)N1CCCCC1.CC(C)(C)N1CCNC(=O)C1.CN1CCN(C(C)(C)C)CC1. The van der Waals surface area contributed by atoms with Gasteiger partial charge >= 0.3 is 0 Å². The molecule has 3 saturated heterocycles. The summed E-state index contributed by atoms with van der Waals surface area (Å²) in [5.74, 6) is 0.145. The van der Waals surface area contributed by atoms with Crippen molar-refractivity contribution in [3.8, 4) is 0 Å². The van der Waals surface area contributed by atoms with Gasteiger partial charge in [-0.15, -0.1) is 0 Å². The number of piperidine rings is 1. The van der Waals surface area contributed by atoms with E-state index in [0.717, 1.165) is 13.1 Å². The molecule has 3 aliphatic rings. The van der Waals surface area contributed by atoms with Crippen molar-refractivity contribution in [2.45, 2.75) is 106 Å². The summed E-state index contributed by atoms with van der Waals surface area (Å²) >= 11 is 0. The number of piperazine rings is 2. The molecule has 0 unspecified atom stereocenters. The van der Waals surface area contributed by atoms with Gasteiger partial charge in [0.15, 0.2) is 0 Å². The van der Waals surface area contributed by atoms with Crippen molar-refractivity contribution in [1.82, 2.24) is 24.9 Å². The third-order valence-corrected chi connectivity index (χ3v) is 6.74. The average Bonchev–Trinajstić information content (AvgIpc) is 2.68. The van der Waals surface area contributed by atoms with Crippen LogP contribution < -0.4 is 5.32 Å².